The van der Waals surface area contributed by atoms with Gasteiger partial charge in [0.15, 0.2) is 0 Å². The summed E-state index contributed by atoms with van der Waals surface area (Å²) in [6, 6.07) is 9.38. The van der Waals surface area contributed by atoms with E-state index < -0.39 is 23.6 Å². The lowest BCUT2D eigenvalue weighted by atomic mass is 9.85. The van der Waals surface area contributed by atoms with E-state index in [0.717, 1.165) is 5.69 Å². The van der Waals surface area contributed by atoms with Gasteiger partial charge in [-0.25, -0.2) is 9.18 Å². The van der Waals surface area contributed by atoms with Crippen molar-refractivity contribution in [1.29, 1.82) is 0 Å². The quantitative estimate of drug-likeness (QED) is 0.557. The number of benzene rings is 1. The molecule has 0 unspecified atom stereocenters. The molecule has 1 aliphatic carbocycles. The molecule has 0 radical (unpaired) electrons. The van der Waals surface area contributed by atoms with E-state index in [1.165, 1.54) is 59.6 Å². The summed E-state index contributed by atoms with van der Waals surface area (Å²) in [6.45, 7) is 6.04. The number of nitrogens with zero attached hydrogens (tertiary/aromatic N) is 3. The van der Waals surface area contributed by atoms with Crippen LogP contribution in [0.15, 0.2) is 42.6 Å². The molecule has 0 bridgehead atoms. The number of aromatic nitrogens is 1. The monoisotopic (exact) mass is 467 g/mol. The van der Waals surface area contributed by atoms with Crippen LogP contribution in [0.1, 0.15) is 76.5 Å². The smallest absolute Gasteiger partial charge is 0.410 e. The number of rotatable bonds is 5. The summed E-state index contributed by atoms with van der Waals surface area (Å²) in [6.07, 6.45) is 8.13. The third-order valence-corrected chi connectivity index (χ3v) is 6.56. The molecule has 34 heavy (non-hydrogen) atoms. The van der Waals surface area contributed by atoms with Crippen molar-refractivity contribution in [2.75, 3.05) is 11.4 Å². The molecule has 4 rings (SSSR count). The molecule has 1 aromatic carbocycles. The van der Waals surface area contributed by atoms with Crippen LogP contribution >= 0.6 is 0 Å². The second-order valence-corrected chi connectivity index (χ2v) is 10.3. The van der Waals surface area contributed by atoms with Gasteiger partial charge in [-0.05, 0) is 75.8 Å². The Bertz CT molecular complexity index is 1010. The van der Waals surface area contributed by atoms with Gasteiger partial charge in [-0.15, -0.1) is 0 Å². The first-order chi connectivity index (χ1) is 16.2. The van der Waals surface area contributed by atoms with E-state index in [1.54, 1.807) is 32.9 Å². The highest BCUT2D eigenvalue weighted by Gasteiger charge is 2.42. The number of likely N-dealkylation sites (tertiary alicyclic amines) is 1. The summed E-state index contributed by atoms with van der Waals surface area (Å²) < 4.78 is 19.5. The Morgan fingerprint density at radius 2 is 1.88 bits per heavy atom. The van der Waals surface area contributed by atoms with E-state index >= 15 is 0 Å². The van der Waals surface area contributed by atoms with Crippen molar-refractivity contribution in [3.8, 4) is 0 Å². The maximum Gasteiger partial charge on any atom is 0.410 e. The summed E-state index contributed by atoms with van der Waals surface area (Å²) in [5.41, 5.74) is 1.76. The lowest BCUT2D eigenvalue weighted by Gasteiger charge is -2.42. The number of hydrogen-bond acceptors (Lipinski definition) is 4. The van der Waals surface area contributed by atoms with Crippen molar-refractivity contribution in [2.24, 2.45) is 0 Å². The highest BCUT2D eigenvalue weighted by atomic mass is 19.1. The molecule has 1 saturated carbocycles. The van der Waals surface area contributed by atoms with Crippen LogP contribution in [-0.2, 0) is 16.1 Å². The van der Waals surface area contributed by atoms with E-state index in [4.69, 9.17) is 4.74 Å². The number of amides is 2. The summed E-state index contributed by atoms with van der Waals surface area (Å²) in [4.78, 5) is 33.7. The Balaban J connectivity index is 1.53. The second-order valence-electron chi connectivity index (χ2n) is 10.3. The Kier molecular flexibility index (Phi) is 7.19. The van der Waals surface area contributed by atoms with Gasteiger partial charge < -0.3 is 9.64 Å². The molecule has 7 heteroatoms. The van der Waals surface area contributed by atoms with Gasteiger partial charge in [-0.3, -0.25) is 14.7 Å². The fraction of sp³-hybridized carbons (Fsp3) is 0.519. The first kappa shape index (κ1) is 24.2. The molecule has 1 atom stereocenters. The van der Waals surface area contributed by atoms with Crippen molar-refractivity contribution in [1.82, 2.24) is 9.88 Å². The van der Waals surface area contributed by atoms with Gasteiger partial charge in [0, 0.05) is 18.4 Å². The predicted octanol–water partition coefficient (Wildman–Crippen LogP) is 5.81. The molecule has 2 amide bonds. The van der Waals surface area contributed by atoms with E-state index in [2.05, 4.69) is 11.1 Å². The van der Waals surface area contributed by atoms with E-state index in [9.17, 15) is 14.0 Å². The van der Waals surface area contributed by atoms with Gasteiger partial charge in [-0.2, -0.15) is 0 Å². The number of carbonyl (C=O) groups is 2. The molecule has 6 nitrogen and oxygen atoms in total. The molecule has 1 saturated heterocycles. The number of anilines is 1. The Morgan fingerprint density at radius 3 is 2.47 bits per heavy atom. The maximum absolute atomic E-state index is 14.0. The van der Waals surface area contributed by atoms with Crippen LogP contribution in [0, 0.1) is 5.82 Å². The zero-order valence-corrected chi connectivity index (χ0v) is 20.3. The number of hydrogen-bond donors (Lipinski definition) is 0. The van der Waals surface area contributed by atoms with Crippen LogP contribution in [-0.4, -0.2) is 40.1 Å². The van der Waals surface area contributed by atoms with Crippen molar-refractivity contribution < 1.29 is 18.7 Å². The highest BCUT2D eigenvalue weighted by molar-refractivity contribution is 5.99. The second kappa shape index (κ2) is 10.1. The molecule has 0 spiro atoms. The average Bonchev–Trinajstić information content (AvgIpc) is 2.76. The normalized spacial score (nSPS) is 18.8. The lowest BCUT2D eigenvalue weighted by Crippen LogP contribution is -2.59. The standard InChI is InChI=1S/C27H34FN3O3/c1-27(2,3)34-26(33)30-15-14-24(30)25(32)31(23-11-7-10-21(28)16-23)18-22-13-12-20(17-29-22)19-8-5-4-6-9-19/h7,10-13,16-17,19,24H,4-6,8-9,14-15,18H2,1-3H3/t24-/m1/s1. The summed E-state index contributed by atoms with van der Waals surface area (Å²) in [5.74, 6) is -0.136. The van der Waals surface area contributed by atoms with Crippen molar-refractivity contribution in [3.05, 3.63) is 59.7 Å². The fourth-order valence-corrected chi connectivity index (χ4v) is 4.67. The number of carbonyl (C=O) groups excluding carboxylic acids is 2. The highest BCUT2D eigenvalue weighted by Crippen LogP contribution is 2.32. The van der Waals surface area contributed by atoms with E-state index in [1.807, 2.05) is 12.3 Å². The predicted molar refractivity (Wildman–Crippen MR) is 129 cm³/mol. The van der Waals surface area contributed by atoms with Gasteiger partial charge in [0.2, 0.25) is 5.91 Å². The average molecular weight is 468 g/mol. The lowest BCUT2D eigenvalue weighted by molar-refractivity contribution is -0.128. The van der Waals surface area contributed by atoms with E-state index in [-0.39, 0.29) is 12.5 Å². The number of pyridine rings is 1. The summed E-state index contributed by atoms with van der Waals surface area (Å²) in [5, 5.41) is 0. The zero-order chi connectivity index (χ0) is 24.3. The minimum absolute atomic E-state index is 0.200. The van der Waals surface area contributed by atoms with Gasteiger partial charge in [0.05, 0.1) is 12.2 Å². The number of halogens is 1. The SMILES string of the molecule is CC(C)(C)OC(=O)N1CC[C@@H]1C(=O)N(Cc1ccc(C2CCCCC2)cn1)c1cccc(F)c1. The minimum Gasteiger partial charge on any atom is -0.444 e. The fourth-order valence-electron chi connectivity index (χ4n) is 4.67. The molecule has 0 N–H and O–H groups in total. The molecule has 2 heterocycles. The topological polar surface area (TPSA) is 62.7 Å². The molecule has 1 aliphatic heterocycles. The van der Waals surface area contributed by atoms with Crippen molar-refractivity contribution >= 4 is 17.7 Å². The van der Waals surface area contributed by atoms with Crippen LogP contribution in [0.3, 0.4) is 0 Å². The van der Waals surface area contributed by atoms with Crippen LogP contribution in [0.25, 0.3) is 0 Å². The van der Waals surface area contributed by atoms with Crippen LogP contribution in [0.2, 0.25) is 0 Å². The third-order valence-electron chi connectivity index (χ3n) is 6.56. The molecule has 2 fully saturated rings. The van der Waals surface area contributed by atoms with Gasteiger partial charge in [0.25, 0.3) is 0 Å². The van der Waals surface area contributed by atoms with Crippen molar-refractivity contribution in [2.45, 2.75) is 83.4 Å². The molecule has 2 aliphatic rings. The molecule has 2 aromatic rings. The van der Waals surface area contributed by atoms with Gasteiger partial charge >= 0.3 is 6.09 Å². The van der Waals surface area contributed by atoms with E-state index in [0.29, 0.717) is 24.6 Å². The molecular formula is C27H34FN3O3. The minimum atomic E-state index is -0.646. The Labute approximate surface area is 201 Å². The van der Waals surface area contributed by atoms with Crippen LogP contribution < -0.4 is 4.90 Å². The number of ether oxygens (including phenoxy) is 1. The Hall–Kier alpha value is -2.96. The van der Waals surface area contributed by atoms with Crippen molar-refractivity contribution in [3.63, 3.8) is 0 Å². The van der Waals surface area contributed by atoms with Crippen LogP contribution in [0.4, 0.5) is 14.9 Å². The van der Waals surface area contributed by atoms with Gasteiger partial charge in [0.1, 0.15) is 17.5 Å². The first-order valence-corrected chi connectivity index (χ1v) is 12.2. The maximum atomic E-state index is 14.0. The Morgan fingerprint density at radius 1 is 1.12 bits per heavy atom. The molecular weight excluding hydrogens is 433 g/mol. The zero-order valence-electron chi connectivity index (χ0n) is 20.3. The largest absolute Gasteiger partial charge is 0.444 e. The third kappa shape index (κ3) is 5.75. The molecule has 182 valence electrons. The first-order valence-electron chi connectivity index (χ1n) is 12.2. The van der Waals surface area contributed by atoms with Gasteiger partial charge in [-0.1, -0.05) is 31.4 Å². The molecule has 1 aromatic heterocycles. The summed E-state index contributed by atoms with van der Waals surface area (Å²) in [7, 11) is 0. The van der Waals surface area contributed by atoms with Crippen LogP contribution in [0.5, 0.6) is 0 Å². The summed E-state index contributed by atoms with van der Waals surface area (Å²) >= 11 is 0.